The molecule has 24 heavy (non-hydrogen) atoms. The van der Waals surface area contributed by atoms with Gasteiger partial charge in [-0.1, -0.05) is 46.6 Å². The Balaban J connectivity index is 1.77. The van der Waals surface area contributed by atoms with E-state index in [4.69, 9.17) is 4.74 Å². The summed E-state index contributed by atoms with van der Waals surface area (Å²) in [5.74, 6) is 4.79. The topological polar surface area (TPSA) is 9.23 Å². The van der Waals surface area contributed by atoms with Crippen molar-refractivity contribution < 1.29 is 4.74 Å². The number of thioether (sulfide) groups is 1. The fraction of sp³-hybridized carbons (Fsp3) is 0.727. The largest absolute Gasteiger partial charge is 0.497 e. The molecule has 0 bridgehead atoms. The highest BCUT2D eigenvalue weighted by atomic mass is 32.2. The van der Waals surface area contributed by atoms with Crippen LogP contribution in [0.5, 0.6) is 5.75 Å². The molecule has 0 heterocycles. The Morgan fingerprint density at radius 1 is 1.17 bits per heavy atom. The highest BCUT2D eigenvalue weighted by molar-refractivity contribution is 7.99. The SMILES string of the molecule is COc1cccc(SC[C@H]2[C@@H](C)CCC3C(C)(C)CCC[C@@]32C)c1. The Hall–Kier alpha value is -0.630. The van der Waals surface area contributed by atoms with Crippen molar-refractivity contribution >= 4 is 11.8 Å². The number of hydrogen-bond acceptors (Lipinski definition) is 2. The molecular weight excluding hydrogens is 312 g/mol. The molecule has 1 nitrogen and oxygen atoms in total. The van der Waals surface area contributed by atoms with E-state index < -0.39 is 0 Å². The van der Waals surface area contributed by atoms with Crippen LogP contribution in [0.4, 0.5) is 0 Å². The fourth-order valence-electron chi connectivity index (χ4n) is 5.84. The molecule has 2 fully saturated rings. The van der Waals surface area contributed by atoms with Crippen LogP contribution < -0.4 is 4.74 Å². The molecule has 0 aromatic heterocycles. The minimum Gasteiger partial charge on any atom is -0.497 e. The lowest BCUT2D eigenvalue weighted by Crippen LogP contribution is -2.51. The molecule has 2 aliphatic carbocycles. The molecule has 1 aromatic carbocycles. The minimum atomic E-state index is 0.519. The summed E-state index contributed by atoms with van der Waals surface area (Å²) in [6, 6.07) is 8.56. The second-order valence-corrected chi connectivity index (χ2v) is 10.1. The third-order valence-electron chi connectivity index (χ3n) is 7.19. The molecule has 1 aromatic rings. The molecule has 0 amide bonds. The number of rotatable bonds is 4. The number of ether oxygens (including phenoxy) is 1. The molecule has 4 atom stereocenters. The van der Waals surface area contributed by atoms with Crippen LogP contribution in [0.3, 0.4) is 0 Å². The molecule has 0 spiro atoms. The van der Waals surface area contributed by atoms with Gasteiger partial charge >= 0.3 is 0 Å². The number of hydrogen-bond donors (Lipinski definition) is 0. The molecule has 0 radical (unpaired) electrons. The van der Waals surface area contributed by atoms with E-state index in [2.05, 4.69) is 45.9 Å². The minimum absolute atomic E-state index is 0.519. The third kappa shape index (κ3) is 3.36. The smallest absolute Gasteiger partial charge is 0.119 e. The van der Waals surface area contributed by atoms with E-state index in [9.17, 15) is 0 Å². The van der Waals surface area contributed by atoms with Gasteiger partial charge in [-0.3, -0.25) is 0 Å². The lowest BCUT2D eigenvalue weighted by atomic mass is 9.47. The average Bonchev–Trinajstić information content (AvgIpc) is 2.53. The summed E-state index contributed by atoms with van der Waals surface area (Å²) in [6.07, 6.45) is 7.09. The Morgan fingerprint density at radius 2 is 1.96 bits per heavy atom. The van der Waals surface area contributed by atoms with Gasteiger partial charge in [0.25, 0.3) is 0 Å². The summed E-state index contributed by atoms with van der Waals surface area (Å²) in [5.41, 5.74) is 1.04. The summed E-state index contributed by atoms with van der Waals surface area (Å²) in [7, 11) is 1.75. The molecule has 2 aliphatic rings. The lowest BCUT2D eigenvalue weighted by molar-refractivity contribution is -0.0850. The van der Waals surface area contributed by atoms with Gasteiger partial charge in [0, 0.05) is 10.6 Å². The predicted octanol–water partition coefficient (Wildman–Crippen LogP) is 6.67. The van der Waals surface area contributed by atoms with Gasteiger partial charge < -0.3 is 4.74 Å². The summed E-state index contributed by atoms with van der Waals surface area (Å²) in [6.45, 7) is 10.2. The van der Waals surface area contributed by atoms with Crippen molar-refractivity contribution in [2.24, 2.45) is 28.6 Å². The zero-order valence-electron chi connectivity index (χ0n) is 16.1. The van der Waals surface area contributed by atoms with Crippen molar-refractivity contribution in [3.63, 3.8) is 0 Å². The maximum Gasteiger partial charge on any atom is 0.119 e. The van der Waals surface area contributed by atoms with Gasteiger partial charge in [0.15, 0.2) is 0 Å². The van der Waals surface area contributed by atoms with Crippen molar-refractivity contribution in [2.45, 2.75) is 64.7 Å². The summed E-state index contributed by atoms with van der Waals surface area (Å²) in [4.78, 5) is 1.35. The maximum atomic E-state index is 5.39. The maximum absolute atomic E-state index is 5.39. The van der Waals surface area contributed by atoms with Crippen LogP contribution in [0.2, 0.25) is 0 Å². The van der Waals surface area contributed by atoms with Crippen LogP contribution >= 0.6 is 11.8 Å². The highest BCUT2D eigenvalue weighted by Crippen LogP contribution is 2.61. The molecular formula is C22H34OS. The monoisotopic (exact) mass is 346 g/mol. The van der Waals surface area contributed by atoms with Crippen molar-refractivity contribution in [1.82, 2.24) is 0 Å². The second-order valence-electron chi connectivity index (χ2n) is 9.05. The van der Waals surface area contributed by atoms with E-state index in [0.717, 1.165) is 23.5 Å². The van der Waals surface area contributed by atoms with Gasteiger partial charge in [-0.15, -0.1) is 11.8 Å². The van der Waals surface area contributed by atoms with Crippen LogP contribution in [-0.2, 0) is 0 Å². The molecule has 0 aliphatic heterocycles. The first-order valence-electron chi connectivity index (χ1n) is 9.64. The summed E-state index contributed by atoms with van der Waals surface area (Å²) >= 11 is 2.03. The second kappa shape index (κ2) is 6.94. The van der Waals surface area contributed by atoms with E-state index in [0.29, 0.717) is 10.8 Å². The van der Waals surface area contributed by atoms with E-state index >= 15 is 0 Å². The number of methoxy groups -OCH3 is 1. The van der Waals surface area contributed by atoms with Crippen molar-refractivity contribution in [3.8, 4) is 5.75 Å². The van der Waals surface area contributed by atoms with E-state index in [1.807, 2.05) is 17.8 Å². The number of fused-ring (bicyclic) bond motifs is 1. The average molecular weight is 347 g/mol. The Kier molecular flexibility index (Phi) is 5.25. The first kappa shape index (κ1) is 18.2. The van der Waals surface area contributed by atoms with Crippen molar-refractivity contribution in [2.75, 3.05) is 12.9 Å². The van der Waals surface area contributed by atoms with Gasteiger partial charge in [0.1, 0.15) is 5.75 Å². The van der Waals surface area contributed by atoms with Gasteiger partial charge in [0.2, 0.25) is 0 Å². The van der Waals surface area contributed by atoms with Gasteiger partial charge in [-0.25, -0.2) is 0 Å². The molecule has 3 rings (SSSR count). The lowest BCUT2D eigenvalue weighted by Gasteiger charge is -2.59. The first-order chi connectivity index (χ1) is 11.4. The zero-order chi connectivity index (χ0) is 17.4. The van der Waals surface area contributed by atoms with Crippen LogP contribution in [0.25, 0.3) is 0 Å². The predicted molar refractivity (Wildman–Crippen MR) is 105 cm³/mol. The number of benzene rings is 1. The Labute approximate surface area is 152 Å². The van der Waals surface area contributed by atoms with E-state index in [1.165, 1.54) is 42.8 Å². The van der Waals surface area contributed by atoms with E-state index in [1.54, 1.807) is 7.11 Å². The first-order valence-corrected chi connectivity index (χ1v) is 10.6. The standard InChI is InChI=1S/C22H34OS/c1-16-10-11-20-21(2,3)12-7-13-22(20,4)19(16)15-24-18-9-6-8-17(14-18)23-5/h6,8-9,14,16,19-20H,7,10-13,15H2,1-5H3/t16-,19-,20?,22+/m0/s1. The van der Waals surface area contributed by atoms with Crippen LogP contribution in [-0.4, -0.2) is 12.9 Å². The molecule has 2 saturated carbocycles. The van der Waals surface area contributed by atoms with Crippen molar-refractivity contribution in [3.05, 3.63) is 24.3 Å². The van der Waals surface area contributed by atoms with Gasteiger partial charge in [0.05, 0.1) is 7.11 Å². The van der Waals surface area contributed by atoms with Crippen LogP contribution in [0.15, 0.2) is 29.2 Å². The van der Waals surface area contributed by atoms with Crippen molar-refractivity contribution in [1.29, 1.82) is 0 Å². The van der Waals surface area contributed by atoms with Crippen LogP contribution in [0, 0.1) is 28.6 Å². The molecule has 1 unspecified atom stereocenters. The molecule has 0 N–H and O–H groups in total. The summed E-state index contributed by atoms with van der Waals surface area (Å²) in [5, 5.41) is 0. The molecule has 0 saturated heterocycles. The highest BCUT2D eigenvalue weighted by Gasteiger charge is 2.53. The Bertz CT molecular complexity index is 567. The Morgan fingerprint density at radius 3 is 2.71 bits per heavy atom. The van der Waals surface area contributed by atoms with Gasteiger partial charge in [-0.2, -0.15) is 0 Å². The fourth-order valence-corrected chi connectivity index (χ4v) is 7.30. The quantitative estimate of drug-likeness (QED) is 0.563. The van der Waals surface area contributed by atoms with Crippen LogP contribution in [0.1, 0.15) is 59.8 Å². The third-order valence-corrected chi connectivity index (χ3v) is 8.30. The van der Waals surface area contributed by atoms with E-state index in [-0.39, 0.29) is 0 Å². The summed E-state index contributed by atoms with van der Waals surface area (Å²) < 4.78 is 5.39. The van der Waals surface area contributed by atoms with Gasteiger partial charge in [-0.05, 0) is 66.0 Å². The molecule has 2 heteroatoms. The zero-order valence-corrected chi connectivity index (χ0v) is 16.9. The molecule has 134 valence electrons. The normalized spacial score (nSPS) is 35.3.